The Hall–Kier alpha value is -0.616. The lowest BCUT2D eigenvalue weighted by molar-refractivity contribution is -0.256. The lowest BCUT2D eigenvalue weighted by Gasteiger charge is -2.52. The molecule has 14 unspecified atom stereocenters. The van der Waals surface area contributed by atoms with Crippen molar-refractivity contribution in [3.05, 3.63) is 0 Å². The molecule has 21 heteroatoms. The molecule has 14 atom stereocenters. The predicted molar refractivity (Wildman–Crippen MR) is 259 cm³/mol. The van der Waals surface area contributed by atoms with Crippen LogP contribution in [-0.2, 0) is 88.2 Å². The van der Waals surface area contributed by atoms with E-state index in [0.29, 0.717) is 12.8 Å². The van der Waals surface area contributed by atoms with Crippen LogP contribution in [0.25, 0.3) is 0 Å². The van der Waals surface area contributed by atoms with Crippen LogP contribution in [0.2, 0.25) is 10.1 Å². The third-order valence-corrected chi connectivity index (χ3v) is 19.1. The molecule has 0 heterocycles. The van der Waals surface area contributed by atoms with E-state index in [9.17, 15) is 0 Å². The predicted octanol–water partition coefficient (Wildman–Crippen LogP) is 10.1. The Morgan fingerprint density at radius 3 is 0.691 bits per heavy atom. The minimum Gasteiger partial charge on any atom is -0.356 e. The first-order chi connectivity index (χ1) is 31.9. The number of Topliss-reactive ketones (excluding diaryl/α,β-unsaturated/α-hetero) is 1. The van der Waals surface area contributed by atoms with E-state index >= 15 is 4.79 Å². The normalized spacial score (nSPS) is 21.4. The summed E-state index contributed by atoms with van der Waals surface area (Å²) >= 11 is 0. The van der Waals surface area contributed by atoms with Gasteiger partial charge in [-0.15, -0.1) is 0 Å². The summed E-state index contributed by atoms with van der Waals surface area (Å²) in [5.41, 5.74) is 0. The number of carbonyl (C=O) groups excluding carboxylic acids is 1. The maximum absolute atomic E-state index is 17.3. The fraction of sp³-hybridized carbons (Fsp3) is 0.979. The van der Waals surface area contributed by atoms with Crippen LogP contribution in [0.15, 0.2) is 0 Å². The highest BCUT2D eigenvalue weighted by Crippen LogP contribution is 2.59. The van der Waals surface area contributed by atoms with Crippen molar-refractivity contribution in [3.63, 3.8) is 0 Å². The van der Waals surface area contributed by atoms with Gasteiger partial charge >= 0.3 is 17.6 Å². The van der Waals surface area contributed by atoms with Gasteiger partial charge in [0, 0.05) is 42.7 Å². The van der Waals surface area contributed by atoms with Crippen molar-refractivity contribution in [3.8, 4) is 0 Å². The first-order valence-corrected chi connectivity index (χ1v) is 28.0. The third kappa shape index (κ3) is 22.7. The number of hydrogen-bond donors (Lipinski definition) is 0. The number of carbonyl (C=O) groups is 1. The molecule has 0 radical (unpaired) electrons. The zero-order valence-corrected chi connectivity index (χ0v) is 48.3. The molecule has 0 saturated heterocycles. The smallest absolute Gasteiger partial charge is 0.356 e. The van der Waals surface area contributed by atoms with E-state index in [1.54, 1.807) is 83.1 Å². The van der Waals surface area contributed by atoms with Crippen LogP contribution in [-0.4, -0.2) is 142 Å². The molecule has 0 aliphatic heterocycles. The van der Waals surface area contributed by atoms with E-state index in [1.807, 2.05) is 13.8 Å². The highest BCUT2D eigenvalue weighted by molar-refractivity contribution is 6.75. The zero-order chi connectivity index (χ0) is 52.3. The second kappa shape index (κ2) is 34.7. The van der Waals surface area contributed by atoms with Crippen LogP contribution >= 0.6 is 0 Å². The van der Waals surface area contributed by atoms with Gasteiger partial charge in [-0.25, -0.2) is 0 Å². The van der Waals surface area contributed by atoms with Gasteiger partial charge in [-0.3, -0.25) is 4.79 Å². The number of rotatable bonds is 44. The van der Waals surface area contributed by atoms with Gasteiger partial charge in [-0.1, -0.05) is 65.2 Å². The van der Waals surface area contributed by atoms with Gasteiger partial charge in [0.1, 0.15) is 0 Å². The van der Waals surface area contributed by atoms with Crippen LogP contribution in [0.1, 0.15) is 175 Å². The Kier molecular flexibility index (Phi) is 34.4. The maximum Gasteiger partial charge on any atom is 0.520 e. The van der Waals surface area contributed by atoms with Crippen LogP contribution in [0, 0.1) is 0 Å². The molecule has 0 spiro atoms. The fourth-order valence-electron chi connectivity index (χ4n) is 7.61. The number of ketones is 1. The molecule has 408 valence electrons. The average molecular weight is 1020 g/mol. The van der Waals surface area contributed by atoms with Gasteiger partial charge in [0.25, 0.3) is 0 Å². The van der Waals surface area contributed by atoms with Gasteiger partial charge in [0.2, 0.25) is 0 Å². The highest BCUT2D eigenvalue weighted by Gasteiger charge is 2.74. The third-order valence-electron chi connectivity index (χ3n) is 11.6. The molecule has 0 saturated carbocycles. The first kappa shape index (κ1) is 67.4. The molecule has 0 N–H and O–H groups in total. The summed E-state index contributed by atoms with van der Waals surface area (Å²) in [6.45, 7) is 28.4. The molecular weight excluding hydrogens is 925 g/mol. The molecule has 0 bridgehead atoms. The topological polar surface area (TPSA) is 183 Å². The van der Waals surface area contributed by atoms with Gasteiger partial charge < -0.3 is 83.4 Å². The summed E-state index contributed by atoms with van der Waals surface area (Å²) in [4.78, 5) is 17.3. The largest absolute Gasteiger partial charge is 0.520 e. The quantitative estimate of drug-likeness (QED) is 0.0319. The molecule has 0 fully saturated rings. The van der Waals surface area contributed by atoms with Gasteiger partial charge in [-0.05, 0) is 110 Å². The summed E-state index contributed by atoms with van der Waals surface area (Å²) in [7, 11) is -0.396. The van der Waals surface area contributed by atoms with E-state index in [4.69, 9.17) is 83.4 Å². The molecule has 0 aliphatic rings. The maximum atomic E-state index is 17.3. The van der Waals surface area contributed by atoms with Crippen LogP contribution in [0.3, 0.4) is 0 Å². The second-order valence-electron chi connectivity index (χ2n) is 17.5. The van der Waals surface area contributed by atoms with E-state index in [0.717, 1.165) is 38.5 Å². The SMILES string of the molecule is CCCCCCC(C)(C(=O)C(C)(CCCCCC)[Si](OC(C)OC(C)OC)(OC(C)OC(C)OC)OC(C)OC(C)OC)[Si](OC(C)OC(C)OC)(OC(C)OC(C)OC)OC(C)OC(C)OC. The summed E-state index contributed by atoms with van der Waals surface area (Å²) in [6, 6.07) is 0. The first-order valence-electron chi connectivity index (χ1n) is 24.6. The standard InChI is InChI=1S/C47H98O19Si2/c1-23-25-27-29-31-46(15,67(61-39(9)55-33(3)49-17,62-40(10)56-34(4)50-18)63-41(11)57-35(5)51-19)45(48)47(16,32-30-28-26-24-2)68(64-42(12)58-36(6)52-20,65-43(13)59-37(7)53-21)66-44(14)60-38(8)54-22/h33-44H,23-32H2,1-22H3. The Morgan fingerprint density at radius 2 is 0.529 bits per heavy atom. The van der Waals surface area contributed by atoms with E-state index in [1.165, 1.54) is 42.7 Å². The average Bonchev–Trinajstić information content (AvgIpc) is 3.27. The van der Waals surface area contributed by atoms with E-state index in [2.05, 4.69) is 13.8 Å². The van der Waals surface area contributed by atoms with E-state index in [-0.39, 0.29) is 12.8 Å². The van der Waals surface area contributed by atoms with Crippen molar-refractivity contribution in [2.75, 3.05) is 42.7 Å². The monoisotopic (exact) mass is 1020 g/mol. The van der Waals surface area contributed by atoms with Gasteiger partial charge in [0.05, 0.1) is 10.1 Å². The van der Waals surface area contributed by atoms with E-state index < -0.39 is 109 Å². The summed E-state index contributed by atoms with van der Waals surface area (Å²) in [5, 5.41) is -3.38. The number of ether oxygens (including phenoxy) is 12. The van der Waals surface area contributed by atoms with Crippen molar-refractivity contribution in [1.29, 1.82) is 0 Å². The molecule has 0 aromatic heterocycles. The fourth-order valence-corrected chi connectivity index (χ4v) is 14.7. The molecule has 0 rings (SSSR count). The van der Waals surface area contributed by atoms with Crippen molar-refractivity contribution < 1.29 is 88.2 Å². The second-order valence-corrected chi connectivity index (χ2v) is 23.3. The van der Waals surface area contributed by atoms with Crippen LogP contribution in [0.5, 0.6) is 0 Å². The molecule has 0 amide bonds. The Labute approximate surface area is 413 Å². The van der Waals surface area contributed by atoms with Gasteiger partial charge in [-0.2, -0.15) is 0 Å². The van der Waals surface area contributed by atoms with Crippen molar-refractivity contribution >= 4 is 23.4 Å². The number of hydrogen-bond acceptors (Lipinski definition) is 19. The van der Waals surface area contributed by atoms with Crippen molar-refractivity contribution in [2.45, 2.75) is 261 Å². The minimum atomic E-state index is -4.75. The summed E-state index contributed by atoms with van der Waals surface area (Å²) in [5.74, 6) is -0.395. The molecule has 68 heavy (non-hydrogen) atoms. The number of unbranched alkanes of at least 4 members (excludes halogenated alkanes) is 6. The Bertz CT molecular complexity index is 1100. The Morgan fingerprint density at radius 1 is 0.338 bits per heavy atom. The minimum absolute atomic E-state index is 0.199. The van der Waals surface area contributed by atoms with Crippen LogP contribution < -0.4 is 0 Å². The number of methoxy groups -OCH3 is 6. The zero-order valence-electron chi connectivity index (χ0n) is 46.3. The summed E-state index contributed by atoms with van der Waals surface area (Å²) < 4.78 is 113. The van der Waals surface area contributed by atoms with Crippen LogP contribution in [0.4, 0.5) is 0 Å². The Balaban J connectivity index is 9.25. The lowest BCUT2D eigenvalue weighted by atomic mass is 9.86. The molecule has 0 aromatic carbocycles. The van der Waals surface area contributed by atoms with Crippen molar-refractivity contribution in [2.24, 2.45) is 0 Å². The van der Waals surface area contributed by atoms with Gasteiger partial charge in [0.15, 0.2) is 81.3 Å². The van der Waals surface area contributed by atoms with Crippen molar-refractivity contribution in [1.82, 2.24) is 0 Å². The molecule has 19 nitrogen and oxygen atoms in total. The molecular formula is C47H98O19Si2. The lowest BCUT2D eigenvalue weighted by Crippen LogP contribution is -2.69. The molecule has 0 aliphatic carbocycles. The highest BCUT2D eigenvalue weighted by atomic mass is 28.4. The summed E-state index contributed by atoms with van der Waals surface area (Å²) in [6.07, 6.45) is -4.07. The molecule has 0 aromatic rings.